The van der Waals surface area contributed by atoms with E-state index in [4.69, 9.17) is 16.3 Å². The fourth-order valence-electron chi connectivity index (χ4n) is 2.38. The van der Waals surface area contributed by atoms with Crippen LogP contribution in [0.25, 0.3) is 0 Å². The molecule has 0 amide bonds. The van der Waals surface area contributed by atoms with Crippen LogP contribution in [-0.4, -0.2) is 31.2 Å². The third kappa shape index (κ3) is 3.86. The maximum absolute atomic E-state index is 5.97. The number of hydrogen-bond acceptors (Lipinski definition) is 4. The smallest absolute Gasteiger partial charge is 0.140 e. The standard InChI is InChI=1S/C16H18ClN3O/c17-14-3-1-2-13(8-14)12-21-16-9-15(10-19-11-16)20-6-4-18-5-7-20/h1-3,8-11,18H,4-7,12H2. The summed E-state index contributed by atoms with van der Waals surface area (Å²) in [6.07, 6.45) is 3.63. The van der Waals surface area contributed by atoms with Gasteiger partial charge in [-0.15, -0.1) is 0 Å². The van der Waals surface area contributed by atoms with Gasteiger partial charge in [-0.2, -0.15) is 0 Å². The summed E-state index contributed by atoms with van der Waals surface area (Å²) in [5.41, 5.74) is 2.16. The Morgan fingerprint density at radius 1 is 1.19 bits per heavy atom. The average molecular weight is 304 g/mol. The van der Waals surface area contributed by atoms with Gasteiger partial charge in [0.15, 0.2) is 0 Å². The van der Waals surface area contributed by atoms with Gasteiger partial charge in [0.1, 0.15) is 12.4 Å². The Kier molecular flexibility index (Phi) is 4.58. The second kappa shape index (κ2) is 6.78. The molecule has 1 aromatic carbocycles. The summed E-state index contributed by atoms with van der Waals surface area (Å²) in [6, 6.07) is 9.74. The molecular weight excluding hydrogens is 286 g/mol. The average Bonchev–Trinajstić information content (AvgIpc) is 2.54. The van der Waals surface area contributed by atoms with Gasteiger partial charge in [-0.1, -0.05) is 23.7 Å². The first-order chi connectivity index (χ1) is 10.3. The van der Waals surface area contributed by atoms with Crippen LogP contribution in [0.5, 0.6) is 5.75 Å². The predicted molar refractivity (Wildman–Crippen MR) is 85.1 cm³/mol. The van der Waals surface area contributed by atoms with Crippen molar-refractivity contribution in [3.05, 3.63) is 53.3 Å². The van der Waals surface area contributed by atoms with Gasteiger partial charge in [-0.25, -0.2) is 0 Å². The van der Waals surface area contributed by atoms with Crippen molar-refractivity contribution in [2.24, 2.45) is 0 Å². The third-order valence-electron chi connectivity index (χ3n) is 3.48. The molecule has 3 rings (SSSR count). The number of anilines is 1. The van der Waals surface area contributed by atoms with Crippen LogP contribution in [0, 0.1) is 0 Å². The molecule has 5 heteroatoms. The van der Waals surface area contributed by atoms with Crippen molar-refractivity contribution in [2.75, 3.05) is 31.1 Å². The number of nitrogens with one attached hydrogen (secondary N) is 1. The van der Waals surface area contributed by atoms with Crippen LogP contribution in [0.2, 0.25) is 5.02 Å². The highest BCUT2D eigenvalue weighted by Gasteiger charge is 2.11. The molecule has 0 atom stereocenters. The van der Waals surface area contributed by atoms with E-state index < -0.39 is 0 Å². The first-order valence-corrected chi connectivity index (χ1v) is 7.47. The van der Waals surface area contributed by atoms with Crippen LogP contribution in [0.4, 0.5) is 5.69 Å². The van der Waals surface area contributed by atoms with Crippen molar-refractivity contribution < 1.29 is 4.74 Å². The number of piperazine rings is 1. The van der Waals surface area contributed by atoms with Crippen LogP contribution < -0.4 is 15.0 Å². The van der Waals surface area contributed by atoms with Gasteiger partial charge in [0.05, 0.1) is 18.1 Å². The zero-order valence-corrected chi connectivity index (χ0v) is 12.5. The fraction of sp³-hybridized carbons (Fsp3) is 0.312. The monoisotopic (exact) mass is 303 g/mol. The van der Waals surface area contributed by atoms with Gasteiger partial charge in [0.25, 0.3) is 0 Å². The highest BCUT2D eigenvalue weighted by Crippen LogP contribution is 2.21. The van der Waals surface area contributed by atoms with Gasteiger partial charge in [0, 0.05) is 37.3 Å². The van der Waals surface area contributed by atoms with E-state index in [0.717, 1.165) is 48.2 Å². The van der Waals surface area contributed by atoms with Crippen molar-refractivity contribution in [1.82, 2.24) is 10.3 Å². The summed E-state index contributed by atoms with van der Waals surface area (Å²) >= 11 is 5.97. The minimum atomic E-state index is 0.493. The van der Waals surface area contributed by atoms with E-state index >= 15 is 0 Å². The molecule has 110 valence electrons. The summed E-state index contributed by atoms with van der Waals surface area (Å²) in [5, 5.41) is 4.07. The third-order valence-corrected chi connectivity index (χ3v) is 3.71. The van der Waals surface area contributed by atoms with E-state index in [1.807, 2.05) is 36.5 Å². The Balaban J connectivity index is 1.65. The molecule has 21 heavy (non-hydrogen) atoms. The van der Waals surface area contributed by atoms with Crippen molar-refractivity contribution in [1.29, 1.82) is 0 Å². The topological polar surface area (TPSA) is 37.4 Å². The molecule has 0 radical (unpaired) electrons. The zero-order valence-electron chi connectivity index (χ0n) is 11.8. The molecule has 0 unspecified atom stereocenters. The number of pyridine rings is 1. The van der Waals surface area contributed by atoms with Crippen molar-refractivity contribution in [3.8, 4) is 5.75 Å². The molecular formula is C16H18ClN3O. The second-order valence-corrected chi connectivity index (χ2v) is 5.47. The molecule has 1 N–H and O–H groups in total. The number of halogens is 1. The number of aromatic nitrogens is 1. The van der Waals surface area contributed by atoms with Crippen LogP contribution in [-0.2, 0) is 6.61 Å². The number of rotatable bonds is 4. The van der Waals surface area contributed by atoms with E-state index in [1.165, 1.54) is 0 Å². The summed E-state index contributed by atoms with van der Waals surface area (Å²) in [5.74, 6) is 0.783. The Labute approximate surface area is 129 Å². The highest BCUT2D eigenvalue weighted by atomic mass is 35.5. The van der Waals surface area contributed by atoms with Gasteiger partial charge in [-0.3, -0.25) is 4.98 Å². The lowest BCUT2D eigenvalue weighted by atomic mass is 10.2. The number of benzene rings is 1. The number of nitrogens with zero attached hydrogens (tertiary/aromatic N) is 2. The molecule has 1 aliphatic rings. The van der Waals surface area contributed by atoms with Crippen LogP contribution >= 0.6 is 11.6 Å². The second-order valence-electron chi connectivity index (χ2n) is 5.03. The first kappa shape index (κ1) is 14.2. The Morgan fingerprint density at radius 2 is 2.05 bits per heavy atom. The van der Waals surface area contributed by atoms with Gasteiger partial charge in [-0.05, 0) is 17.7 Å². The van der Waals surface area contributed by atoms with Crippen LogP contribution in [0.15, 0.2) is 42.7 Å². The van der Waals surface area contributed by atoms with Gasteiger partial charge < -0.3 is 15.0 Å². The summed E-state index contributed by atoms with van der Waals surface area (Å²) in [6.45, 7) is 4.51. The van der Waals surface area contributed by atoms with Crippen LogP contribution in [0.1, 0.15) is 5.56 Å². The Bertz CT molecular complexity index is 600. The lowest BCUT2D eigenvalue weighted by Gasteiger charge is -2.29. The van der Waals surface area contributed by atoms with E-state index in [-0.39, 0.29) is 0 Å². The fourth-order valence-corrected chi connectivity index (χ4v) is 2.59. The Morgan fingerprint density at radius 3 is 2.86 bits per heavy atom. The van der Waals surface area contributed by atoms with E-state index in [2.05, 4.69) is 15.2 Å². The van der Waals surface area contributed by atoms with E-state index in [1.54, 1.807) is 6.20 Å². The Hall–Kier alpha value is -1.78. The lowest BCUT2D eigenvalue weighted by molar-refractivity contribution is 0.305. The molecule has 1 saturated heterocycles. The molecule has 0 bridgehead atoms. The minimum absolute atomic E-state index is 0.493. The SMILES string of the molecule is Clc1cccc(COc2cncc(N3CCNCC3)c2)c1. The van der Waals surface area contributed by atoms with Crippen molar-refractivity contribution in [3.63, 3.8) is 0 Å². The minimum Gasteiger partial charge on any atom is -0.487 e. The van der Waals surface area contributed by atoms with Crippen molar-refractivity contribution >= 4 is 17.3 Å². The molecule has 2 aromatic rings. The van der Waals surface area contributed by atoms with Gasteiger partial charge in [0.2, 0.25) is 0 Å². The molecule has 0 aliphatic carbocycles. The molecule has 1 aromatic heterocycles. The van der Waals surface area contributed by atoms with Crippen LogP contribution in [0.3, 0.4) is 0 Å². The molecule has 2 heterocycles. The maximum Gasteiger partial charge on any atom is 0.140 e. The van der Waals surface area contributed by atoms with E-state index in [9.17, 15) is 0 Å². The predicted octanol–water partition coefficient (Wildman–Crippen LogP) is 2.72. The largest absolute Gasteiger partial charge is 0.487 e. The normalized spacial score (nSPS) is 15.0. The zero-order chi connectivity index (χ0) is 14.5. The summed E-state index contributed by atoms with van der Waals surface area (Å²) in [4.78, 5) is 6.59. The van der Waals surface area contributed by atoms with Gasteiger partial charge >= 0.3 is 0 Å². The quantitative estimate of drug-likeness (QED) is 0.942. The molecule has 0 saturated carbocycles. The lowest BCUT2D eigenvalue weighted by Crippen LogP contribution is -2.43. The first-order valence-electron chi connectivity index (χ1n) is 7.09. The number of hydrogen-bond donors (Lipinski definition) is 1. The highest BCUT2D eigenvalue weighted by molar-refractivity contribution is 6.30. The molecule has 1 aliphatic heterocycles. The molecule has 1 fully saturated rings. The molecule has 0 spiro atoms. The summed E-state index contributed by atoms with van der Waals surface area (Å²) in [7, 11) is 0. The van der Waals surface area contributed by atoms with Crippen molar-refractivity contribution in [2.45, 2.75) is 6.61 Å². The maximum atomic E-state index is 5.97. The van der Waals surface area contributed by atoms with E-state index in [0.29, 0.717) is 6.61 Å². The molecule has 4 nitrogen and oxygen atoms in total. The number of ether oxygens (including phenoxy) is 1. The summed E-state index contributed by atoms with van der Waals surface area (Å²) < 4.78 is 5.82.